The molecule has 0 unspecified atom stereocenters. The van der Waals surface area contributed by atoms with Crippen LogP contribution < -0.4 is 5.32 Å². The molecule has 1 aromatic rings. The third-order valence-electron chi connectivity index (χ3n) is 3.43. The number of amides is 1. The molecule has 4 heteroatoms. The molecule has 1 N–H and O–H groups in total. The van der Waals surface area contributed by atoms with Crippen molar-refractivity contribution in [1.29, 1.82) is 0 Å². The first-order valence-electron chi connectivity index (χ1n) is 6.83. The van der Waals surface area contributed by atoms with Crippen molar-refractivity contribution in [2.24, 2.45) is 5.92 Å². The molecule has 4 nitrogen and oxygen atoms in total. The molecule has 1 aliphatic heterocycles. The highest BCUT2D eigenvalue weighted by Crippen LogP contribution is 2.15. The highest BCUT2D eigenvalue weighted by molar-refractivity contribution is 5.79. The Kier molecular flexibility index (Phi) is 4.81. The molecule has 0 aliphatic carbocycles. The Morgan fingerprint density at radius 2 is 2.50 bits per heavy atom. The molecule has 1 amide bonds. The van der Waals surface area contributed by atoms with Gasteiger partial charge in [0.15, 0.2) is 0 Å². The highest BCUT2D eigenvalue weighted by atomic mass is 16.3. The molecule has 18 heavy (non-hydrogen) atoms. The van der Waals surface area contributed by atoms with Crippen molar-refractivity contribution in [1.82, 2.24) is 10.2 Å². The van der Waals surface area contributed by atoms with Crippen molar-refractivity contribution in [2.75, 3.05) is 19.6 Å². The smallest absolute Gasteiger partial charge is 0.227 e. The summed E-state index contributed by atoms with van der Waals surface area (Å²) in [5.74, 6) is 1.28. The van der Waals surface area contributed by atoms with Gasteiger partial charge in [-0.3, -0.25) is 4.79 Å². The van der Waals surface area contributed by atoms with Crippen LogP contribution in [0.15, 0.2) is 22.8 Å². The van der Waals surface area contributed by atoms with Gasteiger partial charge in [0.25, 0.3) is 0 Å². The number of carbonyl (C=O) groups excluding carboxylic acids is 1. The Hall–Kier alpha value is -1.29. The quantitative estimate of drug-likeness (QED) is 0.840. The predicted molar refractivity (Wildman–Crippen MR) is 70.0 cm³/mol. The van der Waals surface area contributed by atoms with Crippen LogP contribution in [0.25, 0.3) is 0 Å². The van der Waals surface area contributed by atoms with Crippen LogP contribution in [0, 0.1) is 5.92 Å². The summed E-state index contributed by atoms with van der Waals surface area (Å²) in [5.41, 5.74) is 0. The van der Waals surface area contributed by atoms with Gasteiger partial charge < -0.3 is 14.6 Å². The monoisotopic (exact) mass is 250 g/mol. The zero-order chi connectivity index (χ0) is 12.8. The summed E-state index contributed by atoms with van der Waals surface area (Å²) in [6, 6.07) is 3.80. The Morgan fingerprint density at radius 1 is 1.61 bits per heavy atom. The summed E-state index contributed by atoms with van der Waals surface area (Å²) in [6.07, 6.45) is 4.77. The number of furan rings is 1. The van der Waals surface area contributed by atoms with Gasteiger partial charge in [-0.1, -0.05) is 13.3 Å². The van der Waals surface area contributed by atoms with Crippen molar-refractivity contribution >= 4 is 5.91 Å². The van der Waals surface area contributed by atoms with Gasteiger partial charge in [0.2, 0.25) is 5.91 Å². The van der Waals surface area contributed by atoms with E-state index >= 15 is 0 Å². The molecular weight excluding hydrogens is 228 g/mol. The Bertz CT molecular complexity index is 356. The molecule has 0 bridgehead atoms. The number of unbranched alkanes of at least 4 members (excludes halogenated alkanes) is 1. The Morgan fingerprint density at radius 3 is 3.11 bits per heavy atom. The summed E-state index contributed by atoms with van der Waals surface area (Å²) < 4.78 is 5.35. The van der Waals surface area contributed by atoms with Crippen LogP contribution in [0.1, 0.15) is 31.9 Å². The largest absolute Gasteiger partial charge is 0.467 e. The second kappa shape index (κ2) is 6.59. The average molecular weight is 250 g/mol. The van der Waals surface area contributed by atoms with E-state index in [1.807, 2.05) is 17.0 Å². The lowest BCUT2D eigenvalue weighted by Crippen LogP contribution is -2.37. The molecule has 1 fully saturated rings. The van der Waals surface area contributed by atoms with Crippen LogP contribution in [0.5, 0.6) is 0 Å². The van der Waals surface area contributed by atoms with Gasteiger partial charge in [0.05, 0.1) is 18.7 Å². The number of hydrogen-bond donors (Lipinski definition) is 1. The minimum Gasteiger partial charge on any atom is -0.467 e. The fourth-order valence-electron chi connectivity index (χ4n) is 2.33. The average Bonchev–Trinajstić information content (AvgIpc) is 3.06. The van der Waals surface area contributed by atoms with Crippen molar-refractivity contribution in [3.05, 3.63) is 24.2 Å². The predicted octanol–water partition coefficient (Wildman–Crippen LogP) is 2.02. The fraction of sp³-hybridized carbons (Fsp3) is 0.643. The lowest BCUT2D eigenvalue weighted by atomic mass is 10.1. The maximum atomic E-state index is 12.4. The van der Waals surface area contributed by atoms with Gasteiger partial charge in [-0.05, 0) is 31.5 Å². The van der Waals surface area contributed by atoms with Gasteiger partial charge in [0.1, 0.15) is 5.76 Å². The lowest BCUT2D eigenvalue weighted by molar-refractivity contribution is -0.135. The first kappa shape index (κ1) is 13.1. The molecule has 1 aromatic heterocycles. The van der Waals surface area contributed by atoms with Gasteiger partial charge >= 0.3 is 0 Å². The maximum Gasteiger partial charge on any atom is 0.227 e. The first-order valence-corrected chi connectivity index (χ1v) is 6.83. The van der Waals surface area contributed by atoms with Gasteiger partial charge in [-0.15, -0.1) is 0 Å². The summed E-state index contributed by atoms with van der Waals surface area (Å²) in [4.78, 5) is 14.4. The van der Waals surface area contributed by atoms with Crippen molar-refractivity contribution in [2.45, 2.75) is 32.7 Å². The molecule has 2 rings (SSSR count). The molecule has 0 radical (unpaired) electrons. The third kappa shape index (κ3) is 3.35. The molecule has 100 valence electrons. The molecule has 0 spiro atoms. The minimum atomic E-state index is 0.150. The maximum absolute atomic E-state index is 12.4. The number of hydrogen-bond acceptors (Lipinski definition) is 3. The van der Waals surface area contributed by atoms with Crippen LogP contribution >= 0.6 is 0 Å². The zero-order valence-electron chi connectivity index (χ0n) is 11.0. The Balaban J connectivity index is 1.96. The molecule has 0 saturated carbocycles. The number of nitrogens with one attached hydrogen (secondary N) is 1. The van der Waals surface area contributed by atoms with Crippen molar-refractivity contribution in [3.8, 4) is 0 Å². The van der Waals surface area contributed by atoms with E-state index in [4.69, 9.17) is 4.42 Å². The summed E-state index contributed by atoms with van der Waals surface area (Å²) in [6.45, 7) is 5.35. The van der Waals surface area contributed by atoms with E-state index in [1.165, 1.54) is 0 Å². The van der Waals surface area contributed by atoms with Crippen LogP contribution in [-0.2, 0) is 11.3 Å². The van der Waals surface area contributed by atoms with E-state index in [1.54, 1.807) is 6.26 Å². The van der Waals surface area contributed by atoms with E-state index in [-0.39, 0.29) is 11.8 Å². The van der Waals surface area contributed by atoms with Crippen LogP contribution in [0.4, 0.5) is 0 Å². The van der Waals surface area contributed by atoms with Crippen LogP contribution in [0.2, 0.25) is 0 Å². The Labute approximate surface area is 108 Å². The van der Waals surface area contributed by atoms with E-state index in [0.717, 1.165) is 44.7 Å². The normalized spacial score (nSPS) is 19.1. The van der Waals surface area contributed by atoms with Gasteiger partial charge in [0, 0.05) is 13.1 Å². The van der Waals surface area contributed by atoms with E-state index < -0.39 is 0 Å². The number of carbonyl (C=O) groups is 1. The topological polar surface area (TPSA) is 45.5 Å². The molecule has 1 aliphatic rings. The third-order valence-corrected chi connectivity index (χ3v) is 3.43. The summed E-state index contributed by atoms with van der Waals surface area (Å²) in [5, 5.41) is 3.25. The molecular formula is C14H22N2O2. The SMILES string of the molecule is CCCCN(Cc1ccco1)C(=O)[C@H]1CCNC1. The standard InChI is InChI=1S/C14H22N2O2/c1-2-3-8-16(11-13-5-4-9-18-13)14(17)12-6-7-15-10-12/h4-5,9,12,15H,2-3,6-8,10-11H2,1H3/t12-/m0/s1. The zero-order valence-corrected chi connectivity index (χ0v) is 11.0. The van der Waals surface area contributed by atoms with Crippen LogP contribution in [0.3, 0.4) is 0 Å². The van der Waals surface area contributed by atoms with Crippen molar-refractivity contribution < 1.29 is 9.21 Å². The summed E-state index contributed by atoms with van der Waals surface area (Å²) in [7, 11) is 0. The number of rotatable bonds is 6. The van der Waals surface area contributed by atoms with Crippen molar-refractivity contribution in [3.63, 3.8) is 0 Å². The lowest BCUT2D eigenvalue weighted by Gasteiger charge is -2.24. The molecule has 0 aromatic carbocycles. The fourth-order valence-corrected chi connectivity index (χ4v) is 2.33. The molecule has 2 heterocycles. The van der Waals surface area contributed by atoms with Crippen LogP contribution in [-0.4, -0.2) is 30.4 Å². The van der Waals surface area contributed by atoms with E-state index in [2.05, 4.69) is 12.2 Å². The second-order valence-corrected chi connectivity index (χ2v) is 4.88. The molecule has 1 saturated heterocycles. The summed E-state index contributed by atoms with van der Waals surface area (Å²) >= 11 is 0. The van der Waals surface area contributed by atoms with Gasteiger partial charge in [-0.25, -0.2) is 0 Å². The van der Waals surface area contributed by atoms with E-state index in [0.29, 0.717) is 6.54 Å². The number of nitrogens with zero attached hydrogens (tertiary/aromatic N) is 1. The van der Waals surface area contributed by atoms with Gasteiger partial charge in [-0.2, -0.15) is 0 Å². The first-order chi connectivity index (χ1) is 8.81. The molecule has 1 atom stereocenters. The minimum absolute atomic E-state index is 0.150. The highest BCUT2D eigenvalue weighted by Gasteiger charge is 2.27. The van der Waals surface area contributed by atoms with E-state index in [9.17, 15) is 4.79 Å². The second-order valence-electron chi connectivity index (χ2n) is 4.88.